The number of nitrogens with one attached hydrogen (secondary N) is 1. The minimum Gasteiger partial charge on any atom is -0.477 e. The van der Waals surface area contributed by atoms with E-state index in [-0.39, 0.29) is 16.5 Å². The zero-order valence-electron chi connectivity index (χ0n) is 16.6. The van der Waals surface area contributed by atoms with Gasteiger partial charge in [0, 0.05) is 23.1 Å². The third-order valence-corrected chi connectivity index (χ3v) is 8.87. The summed E-state index contributed by atoms with van der Waals surface area (Å²) in [6.45, 7) is 0. The number of carbonyl (C=O) groups is 3. The van der Waals surface area contributed by atoms with Crippen molar-refractivity contribution in [3.8, 4) is 0 Å². The molecular formula is C15H15N9O5S4. The molecule has 0 bridgehead atoms. The van der Waals surface area contributed by atoms with Crippen LogP contribution in [0.2, 0.25) is 0 Å². The highest BCUT2D eigenvalue weighted by Gasteiger charge is 2.54. The number of aryl methyl sites for hydroxylation is 1. The maximum atomic E-state index is 12.8. The molecule has 0 aliphatic carbocycles. The lowest BCUT2D eigenvalue weighted by atomic mass is 10.0. The van der Waals surface area contributed by atoms with Gasteiger partial charge in [-0.05, 0) is 10.4 Å². The fourth-order valence-corrected chi connectivity index (χ4v) is 7.16. The monoisotopic (exact) mass is 529 g/mol. The first-order valence-electron chi connectivity index (χ1n) is 8.95. The van der Waals surface area contributed by atoms with Crippen LogP contribution in [0.15, 0.2) is 26.3 Å². The van der Waals surface area contributed by atoms with Gasteiger partial charge >= 0.3 is 5.97 Å². The van der Waals surface area contributed by atoms with Gasteiger partial charge in [0.25, 0.3) is 11.8 Å². The number of nitrogens with zero attached hydrogens (tertiary/aromatic N) is 7. The summed E-state index contributed by atoms with van der Waals surface area (Å²) in [6, 6.07) is -0.977. The Bertz CT molecular complexity index is 1180. The number of carboxylic acids is 1. The number of aromatic nitrogens is 5. The van der Waals surface area contributed by atoms with E-state index in [1.54, 1.807) is 7.05 Å². The molecular weight excluding hydrogens is 514 g/mol. The number of β-lactam (4-membered cyclic amide) rings is 1. The van der Waals surface area contributed by atoms with E-state index in [1.807, 2.05) is 0 Å². The molecule has 18 heteroatoms. The second kappa shape index (κ2) is 9.57. The lowest BCUT2D eigenvalue weighted by Crippen LogP contribution is -2.71. The van der Waals surface area contributed by atoms with E-state index >= 15 is 0 Å². The molecule has 2 aliphatic heterocycles. The molecule has 2 aromatic rings. The van der Waals surface area contributed by atoms with Crippen molar-refractivity contribution in [3.05, 3.63) is 21.7 Å². The van der Waals surface area contributed by atoms with E-state index < -0.39 is 34.9 Å². The van der Waals surface area contributed by atoms with Crippen LogP contribution in [0.3, 0.4) is 0 Å². The topological polar surface area (TPSA) is 202 Å². The molecule has 0 spiro atoms. The van der Waals surface area contributed by atoms with Crippen molar-refractivity contribution in [2.24, 2.45) is 12.2 Å². The minimum atomic E-state index is -1.23. The lowest BCUT2D eigenvalue weighted by molar-refractivity contribution is -0.150. The van der Waals surface area contributed by atoms with Gasteiger partial charge in [0.1, 0.15) is 22.8 Å². The van der Waals surface area contributed by atoms with Gasteiger partial charge in [0.2, 0.25) is 5.16 Å². The SMILES string of the molecule is Cn1nnnc1SCSC1=C(C(=O)O)N2C(=O)[C@@H](NC(=O)/C(=N\O)c3csc(N)n3)[C@H]2SC1. The summed E-state index contributed by atoms with van der Waals surface area (Å²) in [5.74, 6) is -2.29. The second-order valence-electron chi connectivity index (χ2n) is 6.45. The van der Waals surface area contributed by atoms with Crippen molar-refractivity contribution in [1.29, 1.82) is 0 Å². The number of amides is 2. The van der Waals surface area contributed by atoms with Crippen molar-refractivity contribution in [2.45, 2.75) is 16.6 Å². The predicted octanol–water partition coefficient (Wildman–Crippen LogP) is -0.394. The summed E-state index contributed by atoms with van der Waals surface area (Å²) in [7, 11) is 1.69. The van der Waals surface area contributed by atoms with Crippen molar-refractivity contribution >= 4 is 75.2 Å². The number of nitrogens with two attached hydrogens (primary N) is 1. The molecule has 0 aromatic carbocycles. The number of carboxylic acid groups (broad SMARTS) is 1. The zero-order valence-corrected chi connectivity index (χ0v) is 19.9. The Morgan fingerprint density at radius 3 is 2.82 bits per heavy atom. The van der Waals surface area contributed by atoms with Gasteiger partial charge in [-0.1, -0.05) is 16.9 Å². The molecule has 0 saturated carbocycles. The summed E-state index contributed by atoms with van der Waals surface area (Å²) in [4.78, 5) is 42.8. The van der Waals surface area contributed by atoms with Crippen molar-refractivity contribution in [2.75, 3.05) is 16.6 Å². The van der Waals surface area contributed by atoms with Gasteiger partial charge in [-0.3, -0.25) is 14.5 Å². The molecule has 2 aromatic heterocycles. The number of rotatable bonds is 8. The Kier molecular flexibility index (Phi) is 6.77. The smallest absolute Gasteiger partial charge is 0.353 e. The number of fused-ring (bicyclic) bond motifs is 1. The maximum Gasteiger partial charge on any atom is 0.353 e. The predicted molar refractivity (Wildman–Crippen MR) is 122 cm³/mol. The molecule has 1 fully saturated rings. The molecule has 2 aliphatic rings. The molecule has 4 rings (SSSR count). The van der Waals surface area contributed by atoms with Gasteiger partial charge in [-0.25, -0.2) is 14.5 Å². The third kappa shape index (κ3) is 4.50. The van der Waals surface area contributed by atoms with E-state index in [4.69, 9.17) is 5.73 Å². The summed E-state index contributed by atoms with van der Waals surface area (Å²) in [5.41, 5.74) is 5.11. The highest BCUT2D eigenvalue weighted by Crippen LogP contribution is 2.44. The van der Waals surface area contributed by atoms with Crippen LogP contribution < -0.4 is 11.1 Å². The standard InChI is InChI=1S/C15H15N9O5S4/c1-23-15(19-21-22-23)33-4-32-6-3-30-12-8(11(26)24(12)9(6)13(27)28)18-10(25)7(20-29)5-2-31-14(16)17-5/h2,8,12,29H,3-4H2,1H3,(H2,16,17)(H,18,25)(H,27,28)/b20-7-/t8-,12-/m1/s1. The molecule has 2 amide bonds. The van der Waals surface area contributed by atoms with E-state index in [9.17, 15) is 24.7 Å². The number of carbonyl (C=O) groups excluding carboxylic acids is 2. The highest BCUT2D eigenvalue weighted by atomic mass is 32.2. The molecule has 2 atom stereocenters. The summed E-state index contributed by atoms with van der Waals surface area (Å²) in [6.07, 6.45) is 0. The normalized spacial score (nSPS) is 20.5. The summed E-state index contributed by atoms with van der Waals surface area (Å²) in [5, 5.41) is 37.6. The van der Waals surface area contributed by atoms with E-state index in [2.05, 4.69) is 31.0 Å². The average Bonchev–Trinajstić information content (AvgIpc) is 3.39. The van der Waals surface area contributed by atoms with Gasteiger partial charge in [0.15, 0.2) is 10.8 Å². The average molecular weight is 530 g/mol. The first-order chi connectivity index (χ1) is 15.8. The number of hydrogen-bond acceptors (Lipinski definition) is 14. The van der Waals surface area contributed by atoms with Crippen LogP contribution in [-0.4, -0.2) is 86.2 Å². The lowest BCUT2D eigenvalue weighted by Gasteiger charge is -2.49. The Balaban J connectivity index is 1.44. The summed E-state index contributed by atoms with van der Waals surface area (Å²) < 4.78 is 1.50. The van der Waals surface area contributed by atoms with Crippen LogP contribution in [0.5, 0.6) is 0 Å². The van der Waals surface area contributed by atoms with Crippen LogP contribution in [0.1, 0.15) is 5.69 Å². The molecule has 4 heterocycles. The fourth-order valence-electron chi connectivity index (χ4n) is 3.02. The molecule has 0 unspecified atom stereocenters. The number of tetrazole rings is 1. The minimum absolute atomic E-state index is 0.0674. The summed E-state index contributed by atoms with van der Waals surface area (Å²) >= 11 is 5.01. The highest BCUT2D eigenvalue weighted by molar-refractivity contribution is 8.18. The molecule has 1 saturated heterocycles. The van der Waals surface area contributed by atoms with Crippen LogP contribution in [0, 0.1) is 0 Å². The number of thiazole rings is 1. The first kappa shape index (κ1) is 23.3. The van der Waals surface area contributed by atoms with Crippen LogP contribution >= 0.6 is 46.6 Å². The van der Waals surface area contributed by atoms with Crippen LogP contribution in [0.25, 0.3) is 0 Å². The van der Waals surface area contributed by atoms with Crippen LogP contribution in [0.4, 0.5) is 5.13 Å². The number of thioether (sulfide) groups is 3. The van der Waals surface area contributed by atoms with E-state index in [0.29, 0.717) is 20.9 Å². The zero-order chi connectivity index (χ0) is 23.7. The number of hydrogen-bond donors (Lipinski definition) is 4. The molecule has 174 valence electrons. The van der Waals surface area contributed by atoms with E-state index in [0.717, 1.165) is 16.2 Å². The number of aliphatic carboxylic acids is 1. The number of anilines is 1. The first-order valence-corrected chi connectivity index (χ1v) is 12.8. The second-order valence-corrected chi connectivity index (χ2v) is 10.8. The number of nitrogen functional groups attached to an aromatic ring is 1. The number of oxime groups is 1. The quantitative estimate of drug-likeness (QED) is 0.0860. The van der Waals surface area contributed by atoms with Crippen molar-refractivity contribution in [3.63, 3.8) is 0 Å². The largest absolute Gasteiger partial charge is 0.477 e. The Hall–Kier alpha value is -2.83. The third-order valence-electron chi connectivity index (χ3n) is 4.50. The van der Waals surface area contributed by atoms with Crippen LogP contribution in [-0.2, 0) is 21.4 Å². The molecule has 0 radical (unpaired) electrons. The van der Waals surface area contributed by atoms with Gasteiger partial charge in [0.05, 0.1) is 5.08 Å². The Labute approximate surface area is 202 Å². The Morgan fingerprint density at radius 2 is 2.21 bits per heavy atom. The van der Waals surface area contributed by atoms with E-state index in [1.165, 1.54) is 45.3 Å². The van der Waals surface area contributed by atoms with Gasteiger partial charge in [-0.15, -0.1) is 40.0 Å². The maximum absolute atomic E-state index is 12.8. The Morgan fingerprint density at radius 1 is 1.42 bits per heavy atom. The van der Waals surface area contributed by atoms with Gasteiger partial charge < -0.3 is 21.4 Å². The van der Waals surface area contributed by atoms with Crippen molar-refractivity contribution < 1.29 is 24.7 Å². The molecule has 14 nitrogen and oxygen atoms in total. The molecule has 33 heavy (non-hydrogen) atoms. The van der Waals surface area contributed by atoms with Crippen molar-refractivity contribution in [1.82, 2.24) is 35.4 Å². The molecule has 5 N–H and O–H groups in total. The van der Waals surface area contributed by atoms with Gasteiger partial charge in [-0.2, -0.15) is 0 Å². The fraction of sp³-hybridized carbons (Fsp3) is 0.333.